The Morgan fingerprint density at radius 2 is 1.91 bits per heavy atom. The highest BCUT2D eigenvalue weighted by atomic mass is 35.5. The summed E-state index contributed by atoms with van der Waals surface area (Å²) in [5, 5.41) is 6.42. The van der Waals surface area contributed by atoms with Crippen LogP contribution in [0, 0.1) is 18.8 Å². The Morgan fingerprint density at radius 3 is 2.51 bits per heavy atom. The average Bonchev–Trinajstić information content (AvgIpc) is 2.77. The number of carbonyl (C=O) groups excluding carboxylic acids is 2. The molecule has 0 aromatic heterocycles. The van der Waals surface area contributed by atoms with Crippen LogP contribution in [0.2, 0.25) is 5.02 Å². The van der Waals surface area contributed by atoms with Crippen molar-refractivity contribution in [2.75, 3.05) is 50.1 Å². The first-order valence-electron chi connectivity index (χ1n) is 12.4. The molecule has 3 unspecified atom stereocenters. The van der Waals surface area contributed by atoms with Crippen molar-refractivity contribution in [1.29, 1.82) is 0 Å². The van der Waals surface area contributed by atoms with Crippen molar-refractivity contribution in [1.82, 2.24) is 15.5 Å². The monoisotopic (exact) mass is 526 g/mol. The van der Waals surface area contributed by atoms with Gasteiger partial charge in [-0.15, -0.1) is 0 Å². The highest BCUT2D eigenvalue weighted by Crippen LogP contribution is 2.31. The molecule has 2 fully saturated rings. The topological polar surface area (TPSA) is 98.8 Å². The van der Waals surface area contributed by atoms with E-state index in [0.29, 0.717) is 23.7 Å². The van der Waals surface area contributed by atoms with E-state index in [-0.39, 0.29) is 41.5 Å². The molecule has 0 bridgehead atoms. The molecule has 2 N–H and O–H groups in total. The Hall–Kier alpha value is -1.84. The van der Waals surface area contributed by atoms with Crippen molar-refractivity contribution in [2.24, 2.45) is 11.8 Å². The second-order valence-electron chi connectivity index (χ2n) is 10.4. The van der Waals surface area contributed by atoms with Crippen molar-refractivity contribution in [3.63, 3.8) is 0 Å². The summed E-state index contributed by atoms with van der Waals surface area (Å²) in [5.74, 6) is -0.106. The van der Waals surface area contributed by atoms with E-state index in [9.17, 15) is 18.0 Å². The first kappa shape index (κ1) is 27.7. The third-order valence-electron chi connectivity index (χ3n) is 7.47. The lowest BCUT2D eigenvalue weighted by Crippen LogP contribution is -2.50. The molecule has 2 heterocycles. The molecule has 10 heteroatoms. The SMILES string of the molecule is Cc1c(C(=O)NCC2C(=O)NC(C)CC2C)cc(Cl)cc1N(C)C1CCN(CCS(C)(=O)=O)CC1. The number of carbonyl (C=O) groups is 2. The number of benzene rings is 1. The molecular weight excluding hydrogens is 488 g/mol. The van der Waals surface area contributed by atoms with Crippen LogP contribution in [0.1, 0.15) is 49.0 Å². The second kappa shape index (κ2) is 11.5. The maximum absolute atomic E-state index is 13.1. The van der Waals surface area contributed by atoms with Crippen LogP contribution in [-0.4, -0.2) is 82.5 Å². The molecule has 196 valence electrons. The predicted molar refractivity (Wildman–Crippen MR) is 141 cm³/mol. The van der Waals surface area contributed by atoms with Gasteiger partial charge >= 0.3 is 0 Å². The van der Waals surface area contributed by atoms with E-state index >= 15 is 0 Å². The summed E-state index contributed by atoms with van der Waals surface area (Å²) in [6.45, 7) is 8.49. The highest BCUT2D eigenvalue weighted by Gasteiger charge is 2.32. The average molecular weight is 527 g/mol. The minimum Gasteiger partial charge on any atom is -0.371 e. The van der Waals surface area contributed by atoms with Gasteiger partial charge in [0, 0.05) is 67.8 Å². The molecule has 1 aromatic carbocycles. The van der Waals surface area contributed by atoms with Crippen LogP contribution in [0.3, 0.4) is 0 Å². The summed E-state index contributed by atoms with van der Waals surface area (Å²) >= 11 is 6.43. The summed E-state index contributed by atoms with van der Waals surface area (Å²) in [7, 11) is -0.947. The van der Waals surface area contributed by atoms with Crippen molar-refractivity contribution in [2.45, 2.75) is 52.1 Å². The second-order valence-corrected chi connectivity index (χ2v) is 13.0. The first-order valence-corrected chi connectivity index (χ1v) is 14.8. The quantitative estimate of drug-likeness (QED) is 0.540. The van der Waals surface area contributed by atoms with Crippen LogP contribution in [0.5, 0.6) is 0 Å². The first-order chi connectivity index (χ1) is 16.4. The fraction of sp³-hybridized carbons (Fsp3) is 0.680. The van der Waals surface area contributed by atoms with Crippen LogP contribution >= 0.6 is 11.6 Å². The fourth-order valence-corrected chi connectivity index (χ4v) is 6.07. The lowest BCUT2D eigenvalue weighted by Gasteiger charge is -2.38. The number of hydrogen-bond acceptors (Lipinski definition) is 6. The van der Waals surface area contributed by atoms with Crippen molar-refractivity contribution in [3.05, 3.63) is 28.3 Å². The maximum atomic E-state index is 13.1. The molecule has 3 atom stereocenters. The largest absolute Gasteiger partial charge is 0.371 e. The summed E-state index contributed by atoms with van der Waals surface area (Å²) in [6.07, 6.45) is 3.97. The molecule has 2 saturated heterocycles. The number of hydrogen-bond donors (Lipinski definition) is 2. The normalized spacial score (nSPS) is 24.2. The number of likely N-dealkylation sites (tertiary alicyclic amines) is 1. The standard InChI is InChI=1S/C25H39ClN4O4S/c1-16-12-17(2)28-25(32)22(16)15-27-24(31)21-13-19(26)14-23(18(21)3)29(4)20-6-8-30(9-7-20)10-11-35(5,33)34/h13-14,16-17,20,22H,6-12,15H2,1-5H3,(H,27,31)(H,28,32). The van der Waals surface area contributed by atoms with Gasteiger partial charge in [-0.1, -0.05) is 18.5 Å². The number of sulfone groups is 1. The molecule has 0 saturated carbocycles. The van der Waals surface area contributed by atoms with Crippen molar-refractivity contribution >= 4 is 38.9 Å². The molecule has 3 rings (SSSR count). The zero-order valence-corrected chi connectivity index (χ0v) is 23.0. The Balaban J connectivity index is 1.65. The number of halogens is 1. The molecule has 0 radical (unpaired) electrons. The summed E-state index contributed by atoms with van der Waals surface area (Å²) in [4.78, 5) is 29.9. The number of rotatable bonds is 8. The highest BCUT2D eigenvalue weighted by molar-refractivity contribution is 7.90. The van der Waals surface area contributed by atoms with E-state index in [1.54, 1.807) is 6.07 Å². The van der Waals surface area contributed by atoms with Gasteiger partial charge in [-0.25, -0.2) is 8.42 Å². The zero-order chi connectivity index (χ0) is 25.9. The molecule has 35 heavy (non-hydrogen) atoms. The lowest BCUT2D eigenvalue weighted by atomic mass is 9.84. The van der Waals surface area contributed by atoms with E-state index in [1.807, 2.05) is 27.0 Å². The third kappa shape index (κ3) is 7.33. The molecule has 0 aliphatic carbocycles. The van der Waals surface area contributed by atoms with E-state index in [0.717, 1.165) is 43.6 Å². The van der Waals surface area contributed by atoms with Crippen LogP contribution < -0.4 is 15.5 Å². The Bertz CT molecular complexity index is 1040. The van der Waals surface area contributed by atoms with E-state index in [2.05, 4.69) is 27.4 Å². The lowest BCUT2D eigenvalue weighted by molar-refractivity contribution is -0.129. The Morgan fingerprint density at radius 1 is 1.26 bits per heavy atom. The summed E-state index contributed by atoms with van der Waals surface area (Å²) < 4.78 is 22.9. The number of amides is 2. The van der Waals surface area contributed by atoms with Crippen LogP contribution in [0.15, 0.2) is 12.1 Å². The summed E-state index contributed by atoms with van der Waals surface area (Å²) in [5.41, 5.74) is 2.28. The molecular formula is C25H39ClN4O4S. The van der Waals surface area contributed by atoms with Gasteiger partial charge in [0.25, 0.3) is 5.91 Å². The molecule has 2 aliphatic heterocycles. The smallest absolute Gasteiger partial charge is 0.251 e. The minimum absolute atomic E-state index is 0.0114. The zero-order valence-electron chi connectivity index (χ0n) is 21.4. The van der Waals surface area contributed by atoms with E-state index in [4.69, 9.17) is 11.6 Å². The molecule has 2 aliphatic rings. The van der Waals surface area contributed by atoms with Crippen LogP contribution in [-0.2, 0) is 14.6 Å². The number of nitrogens with one attached hydrogen (secondary N) is 2. The van der Waals surface area contributed by atoms with Gasteiger partial charge in [-0.05, 0) is 56.7 Å². The minimum atomic E-state index is -2.97. The maximum Gasteiger partial charge on any atom is 0.251 e. The van der Waals surface area contributed by atoms with Crippen molar-refractivity contribution in [3.8, 4) is 0 Å². The number of nitrogens with zero attached hydrogens (tertiary/aromatic N) is 2. The van der Waals surface area contributed by atoms with E-state index < -0.39 is 9.84 Å². The van der Waals surface area contributed by atoms with Gasteiger partial charge in [0.2, 0.25) is 5.91 Å². The molecule has 1 aromatic rings. The van der Waals surface area contributed by atoms with Gasteiger partial charge in [-0.2, -0.15) is 0 Å². The van der Waals surface area contributed by atoms with Crippen LogP contribution in [0.25, 0.3) is 0 Å². The Kier molecular flexibility index (Phi) is 9.10. The van der Waals surface area contributed by atoms with Gasteiger partial charge in [0.1, 0.15) is 9.84 Å². The predicted octanol–water partition coefficient (Wildman–Crippen LogP) is 2.48. The molecule has 8 nitrogen and oxygen atoms in total. The molecule has 0 spiro atoms. The van der Waals surface area contributed by atoms with Gasteiger partial charge in [0.05, 0.1) is 11.7 Å². The number of piperidine rings is 2. The van der Waals surface area contributed by atoms with Gasteiger partial charge < -0.3 is 20.4 Å². The Labute approximate surface area is 214 Å². The third-order valence-corrected chi connectivity index (χ3v) is 8.62. The van der Waals surface area contributed by atoms with E-state index in [1.165, 1.54) is 6.26 Å². The van der Waals surface area contributed by atoms with Crippen molar-refractivity contribution < 1.29 is 18.0 Å². The molecule has 2 amide bonds. The number of anilines is 1. The fourth-order valence-electron chi connectivity index (χ4n) is 5.27. The van der Waals surface area contributed by atoms with Gasteiger partial charge in [0.15, 0.2) is 0 Å². The van der Waals surface area contributed by atoms with Crippen LogP contribution in [0.4, 0.5) is 5.69 Å². The summed E-state index contributed by atoms with van der Waals surface area (Å²) in [6, 6.07) is 4.00. The van der Waals surface area contributed by atoms with Gasteiger partial charge in [-0.3, -0.25) is 9.59 Å².